The van der Waals surface area contributed by atoms with Crippen molar-refractivity contribution in [2.24, 2.45) is 17.6 Å². The van der Waals surface area contributed by atoms with E-state index in [1.165, 1.54) is 0 Å². The third kappa shape index (κ3) is 2.70. The van der Waals surface area contributed by atoms with Gasteiger partial charge in [-0.25, -0.2) is 4.39 Å². The number of hydrogen-bond acceptors (Lipinski definition) is 1. The summed E-state index contributed by atoms with van der Waals surface area (Å²) in [5.74, 6) is 0.829. The molecule has 0 amide bonds. The first kappa shape index (κ1) is 13.8. The van der Waals surface area contributed by atoms with E-state index in [4.69, 9.17) is 17.3 Å². The fourth-order valence-electron chi connectivity index (χ4n) is 3.02. The normalized spacial score (nSPS) is 32.5. The smallest absolute Gasteiger partial charge is 0.145 e. The average Bonchev–Trinajstić information content (AvgIpc) is 2.31. The zero-order chi connectivity index (χ0) is 13.3. The molecule has 0 aliphatic heterocycles. The summed E-state index contributed by atoms with van der Waals surface area (Å²) < 4.78 is 13.9. The molecular weight excluding hydrogens is 249 g/mol. The maximum absolute atomic E-state index is 13.9. The molecule has 1 fully saturated rings. The van der Waals surface area contributed by atoms with Gasteiger partial charge in [-0.3, -0.25) is 0 Å². The SMILES string of the molecule is CC1CCC(N)(Cc2cccc(Cl)c2F)C(C)C1. The van der Waals surface area contributed by atoms with E-state index in [9.17, 15) is 4.39 Å². The Labute approximate surface area is 114 Å². The summed E-state index contributed by atoms with van der Waals surface area (Å²) in [4.78, 5) is 0. The molecule has 0 radical (unpaired) electrons. The van der Waals surface area contributed by atoms with Crippen LogP contribution in [0.4, 0.5) is 4.39 Å². The fraction of sp³-hybridized carbons (Fsp3) is 0.600. The first-order chi connectivity index (χ1) is 8.42. The molecule has 0 aromatic heterocycles. The summed E-state index contributed by atoms with van der Waals surface area (Å²) >= 11 is 5.82. The third-order valence-electron chi connectivity index (χ3n) is 4.39. The van der Waals surface area contributed by atoms with Gasteiger partial charge in [0, 0.05) is 5.54 Å². The van der Waals surface area contributed by atoms with Crippen LogP contribution in [0.25, 0.3) is 0 Å². The predicted molar refractivity (Wildman–Crippen MR) is 74.2 cm³/mol. The summed E-state index contributed by atoms with van der Waals surface area (Å²) in [5.41, 5.74) is 6.86. The molecule has 0 saturated heterocycles. The van der Waals surface area contributed by atoms with Crippen LogP contribution < -0.4 is 5.73 Å². The molecule has 0 heterocycles. The van der Waals surface area contributed by atoms with Crippen molar-refractivity contribution < 1.29 is 4.39 Å². The number of benzene rings is 1. The monoisotopic (exact) mass is 269 g/mol. The highest BCUT2D eigenvalue weighted by molar-refractivity contribution is 6.30. The Hall–Kier alpha value is -0.600. The van der Waals surface area contributed by atoms with Crippen LogP contribution >= 0.6 is 11.6 Å². The van der Waals surface area contributed by atoms with Crippen LogP contribution in [0.1, 0.15) is 38.7 Å². The van der Waals surface area contributed by atoms with Gasteiger partial charge in [-0.05, 0) is 49.1 Å². The van der Waals surface area contributed by atoms with Crippen molar-refractivity contribution in [2.45, 2.75) is 45.1 Å². The third-order valence-corrected chi connectivity index (χ3v) is 4.68. The lowest BCUT2D eigenvalue weighted by atomic mass is 9.68. The minimum atomic E-state index is -0.310. The molecule has 1 aromatic carbocycles. The van der Waals surface area contributed by atoms with Crippen LogP contribution in [-0.2, 0) is 6.42 Å². The molecule has 0 bridgehead atoms. The maximum atomic E-state index is 13.9. The minimum Gasteiger partial charge on any atom is -0.325 e. The first-order valence-corrected chi connectivity index (χ1v) is 7.02. The summed E-state index contributed by atoms with van der Waals surface area (Å²) in [6.45, 7) is 4.44. The summed E-state index contributed by atoms with van der Waals surface area (Å²) in [7, 11) is 0. The van der Waals surface area contributed by atoms with E-state index < -0.39 is 0 Å². The van der Waals surface area contributed by atoms with Gasteiger partial charge in [0.15, 0.2) is 0 Å². The molecule has 18 heavy (non-hydrogen) atoms. The maximum Gasteiger partial charge on any atom is 0.145 e. The second-order valence-corrected chi connectivity index (χ2v) is 6.31. The second kappa shape index (κ2) is 5.18. The van der Waals surface area contributed by atoms with Crippen molar-refractivity contribution >= 4 is 11.6 Å². The van der Waals surface area contributed by atoms with Crippen molar-refractivity contribution in [3.63, 3.8) is 0 Å². The highest BCUT2D eigenvalue weighted by Crippen LogP contribution is 2.37. The molecule has 1 aliphatic carbocycles. The Bertz CT molecular complexity index is 435. The van der Waals surface area contributed by atoms with Crippen LogP contribution in [0.5, 0.6) is 0 Å². The molecule has 3 unspecified atom stereocenters. The molecule has 100 valence electrons. The Morgan fingerprint density at radius 3 is 2.83 bits per heavy atom. The summed E-state index contributed by atoms with van der Waals surface area (Å²) in [5, 5.41) is 0.188. The molecule has 3 heteroatoms. The first-order valence-electron chi connectivity index (χ1n) is 6.64. The van der Waals surface area contributed by atoms with Crippen LogP contribution in [-0.4, -0.2) is 5.54 Å². The fourth-order valence-corrected chi connectivity index (χ4v) is 3.21. The number of nitrogens with two attached hydrogens (primary N) is 1. The van der Waals surface area contributed by atoms with Crippen molar-refractivity contribution in [2.75, 3.05) is 0 Å². The molecule has 2 rings (SSSR count). The van der Waals surface area contributed by atoms with Gasteiger partial charge in [0.25, 0.3) is 0 Å². The van der Waals surface area contributed by atoms with Crippen LogP contribution in [0, 0.1) is 17.7 Å². The quantitative estimate of drug-likeness (QED) is 0.857. The standard InChI is InChI=1S/C15H21ClFN/c1-10-6-7-15(18,11(2)8-10)9-12-4-3-5-13(16)14(12)17/h3-5,10-11H,6-9,18H2,1-2H3. The molecule has 1 aliphatic rings. The van der Waals surface area contributed by atoms with Crippen LogP contribution in [0.3, 0.4) is 0 Å². The molecule has 2 N–H and O–H groups in total. The van der Waals surface area contributed by atoms with E-state index in [1.54, 1.807) is 18.2 Å². The highest BCUT2D eigenvalue weighted by Gasteiger charge is 2.37. The van der Waals surface area contributed by atoms with Crippen molar-refractivity contribution in [1.82, 2.24) is 0 Å². The van der Waals surface area contributed by atoms with E-state index in [0.717, 1.165) is 25.2 Å². The lowest BCUT2D eigenvalue weighted by Gasteiger charge is -2.42. The zero-order valence-corrected chi connectivity index (χ0v) is 11.8. The van der Waals surface area contributed by atoms with E-state index in [2.05, 4.69) is 13.8 Å². The molecule has 3 atom stereocenters. The van der Waals surface area contributed by atoms with E-state index in [-0.39, 0.29) is 16.4 Å². The van der Waals surface area contributed by atoms with E-state index in [1.807, 2.05) is 0 Å². The van der Waals surface area contributed by atoms with Crippen LogP contribution in [0.15, 0.2) is 18.2 Å². The van der Waals surface area contributed by atoms with Crippen molar-refractivity contribution in [3.05, 3.63) is 34.6 Å². The highest BCUT2D eigenvalue weighted by atomic mass is 35.5. The molecule has 1 nitrogen and oxygen atoms in total. The van der Waals surface area contributed by atoms with Gasteiger partial charge in [-0.15, -0.1) is 0 Å². The Morgan fingerprint density at radius 1 is 1.44 bits per heavy atom. The molecule has 0 spiro atoms. The van der Waals surface area contributed by atoms with Gasteiger partial charge in [0.05, 0.1) is 5.02 Å². The van der Waals surface area contributed by atoms with Gasteiger partial charge < -0.3 is 5.73 Å². The average molecular weight is 270 g/mol. The minimum absolute atomic E-state index is 0.188. The lowest BCUT2D eigenvalue weighted by Crippen LogP contribution is -2.51. The van der Waals surface area contributed by atoms with Crippen molar-refractivity contribution in [1.29, 1.82) is 0 Å². The number of halogens is 2. The molecule has 1 saturated carbocycles. The topological polar surface area (TPSA) is 26.0 Å². The zero-order valence-electron chi connectivity index (χ0n) is 11.0. The lowest BCUT2D eigenvalue weighted by molar-refractivity contribution is 0.162. The Morgan fingerprint density at radius 2 is 2.17 bits per heavy atom. The predicted octanol–water partition coefficient (Wildman–Crippen LogP) is 4.18. The van der Waals surface area contributed by atoms with Gasteiger partial charge in [0.2, 0.25) is 0 Å². The van der Waals surface area contributed by atoms with Gasteiger partial charge >= 0.3 is 0 Å². The summed E-state index contributed by atoms with van der Waals surface area (Å²) in [6, 6.07) is 5.16. The number of rotatable bonds is 2. The van der Waals surface area contributed by atoms with Crippen LogP contribution in [0.2, 0.25) is 5.02 Å². The van der Waals surface area contributed by atoms with Gasteiger partial charge in [0.1, 0.15) is 5.82 Å². The van der Waals surface area contributed by atoms with Gasteiger partial charge in [-0.1, -0.05) is 37.6 Å². The van der Waals surface area contributed by atoms with Crippen molar-refractivity contribution in [3.8, 4) is 0 Å². The Balaban J connectivity index is 2.20. The molecule has 1 aromatic rings. The van der Waals surface area contributed by atoms with E-state index >= 15 is 0 Å². The van der Waals surface area contributed by atoms with Gasteiger partial charge in [-0.2, -0.15) is 0 Å². The largest absolute Gasteiger partial charge is 0.325 e. The Kier molecular flexibility index (Phi) is 3.98. The second-order valence-electron chi connectivity index (χ2n) is 5.90. The summed E-state index contributed by atoms with van der Waals surface area (Å²) in [6.07, 6.45) is 3.79. The number of hydrogen-bond donors (Lipinski definition) is 1. The van der Waals surface area contributed by atoms with E-state index in [0.29, 0.717) is 17.9 Å². The molecular formula is C15H21ClFN.